The molecule has 0 fully saturated rings. The summed E-state index contributed by atoms with van der Waals surface area (Å²) >= 11 is 0. The van der Waals surface area contributed by atoms with Crippen molar-refractivity contribution in [1.82, 2.24) is 20.4 Å². The number of carbonyl (C=O) groups excluding carboxylic acids is 1. The second-order valence-corrected chi connectivity index (χ2v) is 7.97. The molecule has 1 aliphatic heterocycles. The molecule has 1 amide bonds. The Hall–Kier alpha value is -2.08. The van der Waals surface area contributed by atoms with Crippen LogP contribution in [0.15, 0.2) is 29.3 Å². The highest BCUT2D eigenvalue weighted by Gasteiger charge is 2.20. The molecule has 0 unspecified atom stereocenters. The van der Waals surface area contributed by atoms with Crippen LogP contribution in [0.25, 0.3) is 0 Å². The Morgan fingerprint density at radius 1 is 1.14 bits per heavy atom. The third-order valence-electron chi connectivity index (χ3n) is 5.33. The van der Waals surface area contributed by atoms with E-state index in [-0.39, 0.29) is 12.5 Å². The van der Waals surface area contributed by atoms with E-state index < -0.39 is 0 Å². The van der Waals surface area contributed by atoms with Crippen LogP contribution in [0.5, 0.6) is 0 Å². The van der Waals surface area contributed by atoms with E-state index in [1.54, 1.807) is 7.05 Å². The predicted molar refractivity (Wildman–Crippen MR) is 117 cm³/mol. The third kappa shape index (κ3) is 6.51. The van der Waals surface area contributed by atoms with E-state index in [4.69, 9.17) is 0 Å². The fraction of sp³-hybridized carbons (Fsp3) is 0.636. The van der Waals surface area contributed by atoms with Crippen LogP contribution in [0.1, 0.15) is 45.2 Å². The van der Waals surface area contributed by atoms with Gasteiger partial charge in [0.1, 0.15) is 0 Å². The Morgan fingerprint density at radius 3 is 2.46 bits per heavy atom. The molecule has 1 heterocycles. The zero-order chi connectivity index (χ0) is 20.5. The van der Waals surface area contributed by atoms with Crippen molar-refractivity contribution in [3.8, 4) is 0 Å². The Morgan fingerprint density at radius 2 is 1.82 bits per heavy atom. The second-order valence-electron chi connectivity index (χ2n) is 7.97. The van der Waals surface area contributed by atoms with E-state index in [1.807, 2.05) is 11.0 Å². The normalized spacial score (nSPS) is 14.6. The number of rotatable bonds is 8. The minimum Gasteiger partial charge on any atom is -0.356 e. The number of aliphatic imine (C=N–C) groups is 1. The van der Waals surface area contributed by atoms with Crippen molar-refractivity contribution in [1.29, 1.82) is 0 Å². The van der Waals surface area contributed by atoms with E-state index in [0.29, 0.717) is 24.6 Å². The lowest BCUT2D eigenvalue weighted by Gasteiger charge is -2.30. The highest BCUT2D eigenvalue weighted by molar-refractivity contribution is 5.86. The van der Waals surface area contributed by atoms with Crippen LogP contribution >= 0.6 is 0 Å². The second kappa shape index (κ2) is 11.1. The maximum atomic E-state index is 12.6. The fourth-order valence-electron chi connectivity index (χ4n) is 3.78. The van der Waals surface area contributed by atoms with Crippen LogP contribution in [-0.2, 0) is 17.8 Å². The predicted octanol–water partition coefficient (Wildman–Crippen LogP) is 2.25. The average molecular weight is 388 g/mol. The first-order valence-electron chi connectivity index (χ1n) is 10.5. The number of amides is 1. The van der Waals surface area contributed by atoms with Gasteiger partial charge in [-0.1, -0.05) is 24.3 Å². The highest BCUT2D eigenvalue weighted by atomic mass is 16.2. The first-order chi connectivity index (χ1) is 13.4. The van der Waals surface area contributed by atoms with Gasteiger partial charge < -0.3 is 15.5 Å². The van der Waals surface area contributed by atoms with Gasteiger partial charge in [-0.2, -0.15) is 0 Å². The number of nitrogens with one attached hydrogen (secondary N) is 2. The third-order valence-corrected chi connectivity index (χ3v) is 5.33. The van der Waals surface area contributed by atoms with Crippen LogP contribution in [0.2, 0.25) is 0 Å². The van der Waals surface area contributed by atoms with Crippen molar-refractivity contribution in [2.45, 2.75) is 59.2 Å². The van der Waals surface area contributed by atoms with Gasteiger partial charge in [-0.05, 0) is 51.7 Å². The molecular formula is C22H37N5O. The summed E-state index contributed by atoms with van der Waals surface area (Å²) in [5, 5.41) is 6.48. The molecule has 28 heavy (non-hydrogen) atoms. The van der Waals surface area contributed by atoms with Crippen molar-refractivity contribution in [3.05, 3.63) is 35.4 Å². The van der Waals surface area contributed by atoms with E-state index in [2.05, 4.69) is 66.4 Å². The summed E-state index contributed by atoms with van der Waals surface area (Å²) < 4.78 is 0. The van der Waals surface area contributed by atoms with Crippen molar-refractivity contribution < 1.29 is 4.79 Å². The number of benzene rings is 1. The summed E-state index contributed by atoms with van der Waals surface area (Å²) in [4.78, 5) is 21.2. The highest BCUT2D eigenvalue weighted by Crippen LogP contribution is 2.18. The van der Waals surface area contributed by atoms with Gasteiger partial charge in [-0.15, -0.1) is 0 Å². The molecule has 1 aromatic rings. The summed E-state index contributed by atoms with van der Waals surface area (Å²) in [7, 11) is 1.74. The van der Waals surface area contributed by atoms with Crippen LogP contribution in [0, 0.1) is 0 Å². The van der Waals surface area contributed by atoms with Gasteiger partial charge in [0.25, 0.3) is 0 Å². The standard InChI is InChI=1S/C22H37N5O/c1-17(2)27(18(3)4)13-8-12-24-22(23-5)25-15-21(28)26-14-11-19-9-6-7-10-20(19)16-26/h6-7,9-10,17-18H,8,11-16H2,1-5H3,(H2,23,24,25). The van der Waals surface area contributed by atoms with Crippen LogP contribution < -0.4 is 10.6 Å². The molecule has 0 saturated carbocycles. The monoisotopic (exact) mass is 387 g/mol. The fourth-order valence-corrected chi connectivity index (χ4v) is 3.78. The van der Waals surface area contributed by atoms with Gasteiger partial charge in [0.2, 0.25) is 5.91 Å². The molecule has 0 saturated heterocycles. The quantitative estimate of drug-likeness (QED) is 0.408. The van der Waals surface area contributed by atoms with Crippen LogP contribution in [0.4, 0.5) is 0 Å². The summed E-state index contributed by atoms with van der Waals surface area (Å²) in [6.45, 7) is 12.6. The molecule has 2 rings (SSSR count). The van der Waals surface area contributed by atoms with E-state index >= 15 is 0 Å². The van der Waals surface area contributed by atoms with Gasteiger partial charge in [-0.25, -0.2) is 0 Å². The molecular weight excluding hydrogens is 350 g/mol. The zero-order valence-electron chi connectivity index (χ0n) is 18.2. The maximum absolute atomic E-state index is 12.6. The summed E-state index contributed by atoms with van der Waals surface area (Å²) in [5.74, 6) is 0.801. The number of hydrogen-bond acceptors (Lipinski definition) is 3. The molecule has 1 aliphatic rings. The largest absolute Gasteiger partial charge is 0.356 e. The molecule has 6 heteroatoms. The molecule has 0 spiro atoms. The van der Waals surface area contributed by atoms with E-state index in [0.717, 1.165) is 32.5 Å². The molecule has 0 aromatic heterocycles. The van der Waals surface area contributed by atoms with Gasteiger partial charge in [0.05, 0.1) is 6.54 Å². The Kier molecular flexibility index (Phi) is 8.77. The summed E-state index contributed by atoms with van der Waals surface area (Å²) in [6, 6.07) is 9.46. The van der Waals surface area contributed by atoms with E-state index in [1.165, 1.54) is 11.1 Å². The topological polar surface area (TPSA) is 60.0 Å². The lowest BCUT2D eigenvalue weighted by atomic mass is 10.00. The number of hydrogen-bond donors (Lipinski definition) is 2. The van der Waals surface area contributed by atoms with Crippen molar-refractivity contribution in [3.63, 3.8) is 0 Å². The zero-order valence-corrected chi connectivity index (χ0v) is 18.2. The maximum Gasteiger partial charge on any atom is 0.242 e. The molecule has 156 valence electrons. The molecule has 0 radical (unpaired) electrons. The number of fused-ring (bicyclic) bond motifs is 1. The minimum absolute atomic E-state index is 0.114. The summed E-state index contributed by atoms with van der Waals surface area (Å²) in [6.07, 6.45) is 1.96. The van der Waals surface area contributed by atoms with Crippen molar-refractivity contribution in [2.75, 3.05) is 33.2 Å². The Labute approximate surface area is 170 Å². The van der Waals surface area contributed by atoms with Gasteiger partial charge in [0.15, 0.2) is 5.96 Å². The Bertz CT molecular complexity index is 648. The van der Waals surface area contributed by atoms with E-state index in [9.17, 15) is 4.79 Å². The molecule has 1 aromatic carbocycles. The smallest absolute Gasteiger partial charge is 0.242 e. The minimum atomic E-state index is 0.114. The van der Waals surface area contributed by atoms with Gasteiger partial charge in [0, 0.05) is 45.3 Å². The van der Waals surface area contributed by atoms with Gasteiger partial charge in [-0.3, -0.25) is 14.7 Å². The molecule has 6 nitrogen and oxygen atoms in total. The lowest BCUT2D eigenvalue weighted by molar-refractivity contribution is -0.130. The molecule has 0 aliphatic carbocycles. The number of carbonyl (C=O) groups is 1. The van der Waals surface area contributed by atoms with Crippen molar-refractivity contribution in [2.24, 2.45) is 4.99 Å². The SMILES string of the molecule is CN=C(NCCCN(C(C)C)C(C)C)NCC(=O)N1CCc2ccccc2C1. The number of nitrogens with zero attached hydrogens (tertiary/aromatic N) is 3. The molecule has 0 atom stereocenters. The lowest BCUT2D eigenvalue weighted by Crippen LogP contribution is -2.46. The molecule has 0 bridgehead atoms. The molecule has 2 N–H and O–H groups in total. The van der Waals surface area contributed by atoms with Crippen molar-refractivity contribution >= 4 is 11.9 Å². The first-order valence-corrected chi connectivity index (χ1v) is 10.5. The average Bonchev–Trinajstić information content (AvgIpc) is 2.68. The first kappa shape index (κ1) is 22.2. The van der Waals surface area contributed by atoms with Crippen LogP contribution in [-0.4, -0.2) is 67.0 Å². The van der Waals surface area contributed by atoms with Gasteiger partial charge >= 0.3 is 0 Å². The Balaban J connectivity index is 1.71. The summed E-state index contributed by atoms with van der Waals surface area (Å²) in [5.41, 5.74) is 2.61. The van der Waals surface area contributed by atoms with Crippen LogP contribution in [0.3, 0.4) is 0 Å². The number of guanidine groups is 1.